The Morgan fingerprint density at radius 2 is 1.69 bits per heavy atom. The summed E-state index contributed by atoms with van der Waals surface area (Å²) < 4.78 is 12.6. The molecule has 4 atom stereocenters. The predicted octanol–water partition coefficient (Wildman–Crippen LogP) is 6.62. The standard InChI is InChI=1S/C25H42O3Si/c1-7-29(8-2,9-3)25(24(26)27-18-21-13-11-10-12-14-21)28-23-17-20(6)15-16-22(23)19(4)5/h10-14,19-20,22-23,25H,7-9,15-18H2,1-6H3/t20-,22+,23-,25?/m1/s1. The maximum Gasteiger partial charge on any atom is 0.332 e. The summed E-state index contributed by atoms with van der Waals surface area (Å²) in [6.07, 6.45) is 3.70. The summed E-state index contributed by atoms with van der Waals surface area (Å²) >= 11 is 0. The fraction of sp³-hybridized carbons (Fsp3) is 0.720. The van der Waals surface area contributed by atoms with Gasteiger partial charge in [-0.25, -0.2) is 4.79 Å². The zero-order chi connectivity index (χ0) is 21.4. The van der Waals surface area contributed by atoms with Gasteiger partial charge in [0.2, 0.25) is 0 Å². The number of hydrogen-bond acceptors (Lipinski definition) is 3. The Morgan fingerprint density at radius 3 is 2.24 bits per heavy atom. The molecule has 1 aliphatic rings. The average molecular weight is 419 g/mol. The highest BCUT2D eigenvalue weighted by Gasteiger charge is 2.46. The molecule has 0 radical (unpaired) electrons. The topological polar surface area (TPSA) is 35.5 Å². The molecule has 1 unspecified atom stereocenters. The van der Waals surface area contributed by atoms with E-state index in [1.54, 1.807) is 0 Å². The van der Waals surface area contributed by atoms with Gasteiger partial charge >= 0.3 is 5.97 Å². The molecule has 0 saturated heterocycles. The predicted molar refractivity (Wildman–Crippen MR) is 123 cm³/mol. The van der Waals surface area contributed by atoms with E-state index in [9.17, 15) is 4.79 Å². The molecule has 0 aliphatic heterocycles. The highest BCUT2D eigenvalue weighted by atomic mass is 28.3. The lowest BCUT2D eigenvalue weighted by Crippen LogP contribution is -2.55. The Balaban J connectivity index is 2.22. The Morgan fingerprint density at radius 1 is 1.07 bits per heavy atom. The number of hydrogen-bond donors (Lipinski definition) is 0. The van der Waals surface area contributed by atoms with E-state index in [4.69, 9.17) is 9.47 Å². The SMILES string of the molecule is CC[Si](CC)(CC)C(O[C@@H]1C[C@H](C)CC[C@H]1C(C)C)C(=O)OCc1ccccc1. The number of carbonyl (C=O) groups excluding carboxylic acids is 1. The van der Waals surface area contributed by atoms with Gasteiger partial charge in [-0.15, -0.1) is 0 Å². The summed E-state index contributed by atoms with van der Waals surface area (Å²) in [5.41, 5.74) is 0.672. The second kappa shape index (κ2) is 11.3. The van der Waals surface area contributed by atoms with E-state index in [1.807, 2.05) is 30.3 Å². The maximum absolute atomic E-state index is 13.4. The van der Waals surface area contributed by atoms with E-state index < -0.39 is 8.07 Å². The van der Waals surface area contributed by atoms with Crippen LogP contribution in [-0.4, -0.2) is 25.9 Å². The highest BCUT2D eigenvalue weighted by Crippen LogP contribution is 2.38. The third-order valence-corrected chi connectivity index (χ3v) is 13.1. The van der Waals surface area contributed by atoms with Gasteiger partial charge < -0.3 is 9.47 Å². The molecule has 0 amide bonds. The molecule has 1 aromatic carbocycles. The van der Waals surface area contributed by atoms with Crippen molar-refractivity contribution in [3.63, 3.8) is 0 Å². The van der Waals surface area contributed by atoms with Crippen LogP contribution in [0.4, 0.5) is 0 Å². The van der Waals surface area contributed by atoms with Crippen LogP contribution in [0.15, 0.2) is 30.3 Å². The van der Waals surface area contributed by atoms with Crippen LogP contribution in [0.5, 0.6) is 0 Å². The van der Waals surface area contributed by atoms with Crippen LogP contribution in [0.1, 0.15) is 66.4 Å². The molecule has 1 fully saturated rings. The molecule has 0 spiro atoms. The van der Waals surface area contributed by atoms with Crippen molar-refractivity contribution in [1.29, 1.82) is 0 Å². The molecule has 29 heavy (non-hydrogen) atoms. The second-order valence-electron chi connectivity index (χ2n) is 9.40. The molecule has 4 heteroatoms. The molecule has 0 aromatic heterocycles. The summed E-state index contributed by atoms with van der Waals surface area (Å²) in [6.45, 7) is 14.0. The second-order valence-corrected chi connectivity index (χ2v) is 14.8. The number of carbonyl (C=O) groups is 1. The first kappa shape index (κ1) is 24.1. The lowest BCUT2D eigenvalue weighted by molar-refractivity contribution is -0.161. The normalized spacial score (nSPS) is 23.8. The molecule has 3 nitrogen and oxygen atoms in total. The van der Waals surface area contributed by atoms with E-state index in [-0.39, 0.29) is 17.8 Å². The minimum absolute atomic E-state index is 0.133. The number of ether oxygens (including phenoxy) is 2. The Hall–Kier alpha value is -1.13. The third-order valence-electron chi connectivity index (χ3n) is 7.38. The molecule has 2 rings (SSSR count). The average Bonchev–Trinajstić information content (AvgIpc) is 2.73. The maximum atomic E-state index is 13.4. The van der Waals surface area contributed by atoms with Gasteiger partial charge in [0.25, 0.3) is 0 Å². The van der Waals surface area contributed by atoms with E-state index in [2.05, 4.69) is 41.5 Å². The number of rotatable bonds is 10. The summed E-state index contributed by atoms with van der Waals surface area (Å²) in [5, 5.41) is 0. The Kier molecular flexibility index (Phi) is 9.41. The van der Waals surface area contributed by atoms with Gasteiger partial charge in [0.15, 0.2) is 0 Å². The largest absolute Gasteiger partial charge is 0.459 e. The molecular formula is C25H42O3Si. The zero-order valence-electron chi connectivity index (χ0n) is 19.4. The van der Waals surface area contributed by atoms with Gasteiger partial charge in [-0.3, -0.25) is 0 Å². The smallest absolute Gasteiger partial charge is 0.332 e. The van der Waals surface area contributed by atoms with Gasteiger partial charge in [0.05, 0.1) is 6.10 Å². The minimum Gasteiger partial charge on any atom is -0.459 e. The van der Waals surface area contributed by atoms with Crippen molar-refractivity contribution in [1.82, 2.24) is 0 Å². The van der Waals surface area contributed by atoms with Crippen LogP contribution in [0, 0.1) is 17.8 Å². The molecule has 0 heterocycles. The Bertz CT molecular complexity index is 603. The van der Waals surface area contributed by atoms with E-state index >= 15 is 0 Å². The fourth-order valence-electron chi connectivity index (χ4n) is 5.01. The molecule has 1 aliphatic carbocycles. The van der Waals surface area contributed by atoms with Crippen LogP contribution >= 0.6 is 0 Å². The van der Waals surface area contributed by atoms with Gasteiger partial charge in [0.1, 0.15) is 20.4 Å². The van der Waals surface area contributed by atoms with Gasteiger partial charge in [-0.1, -0.05) is 96.4 Å². The highest BCUT2D eigenvalue weighted by molar-refractivity contribution is 6.83. The molecule has 164 valence electrons. The van der Waals surface area contributed by atoms with Crippen molar-refractivity contribution in [3.8, 4) is 0 Å². The first-order chi connectivity index (χ1) is 13.9. The molecule has 0 N–H and O–H groups in total. The van der Waals surface area contributed by atoms with Crippen molar-refractivity contribution in [2.24, 2.45) is 17.8 Å². The number of benzene rings is 1. The van der Waals surface area contributed by atoms with Gasteiger partial charge in [0, 0.05) is 0 Å². The summed E-state index contributed by atoms with van der Waals surface area (Å²) in [4.78, 5) is 13.4. The fourth-order valence-corrected chi connectivity index (χ4v) is 8.67. The van der Waals surface area contributed by atoms with Gasteiger partial charge in [-0.2, -0.15) is 0 Å². The van der Waals surface area contributed by atoms with Crippen LogP contribution in [0.3, 0.4) is 0 Å². The van der Waals surface area contributed by atoms with Crippen LogP contribution in [0.25, 0.3) is 0 Å². The first-order valence-corrected chi connectivity index (χ1v) is 14.4. The van der Waals surface area contributed by atoms with E-state index in [0.717, 1.165) is 30.1 Å². The summed E-state index contributed by atoms with van der Waals surface area (Å²) in [5.74, 6) is 1.64. The molecule has 0 bridgehead atoms. The molecular weight excluding hydrogens is 376 g/mol. The third kappa shape index (κ3) is 6.18. The Labute approximate surface area is 179 Å². The van der Waals surface area contributed by atoms with Crippen LogP contribution < -0.4 is 0 Å². The van der Waals surface area contributed by atoms with Crippen molar-refractivity contribution < 1.29 is 14.3 Å². The van der Waals surface area contributed by atoms with Crippen molar-refractivity contribution in [2.45, 2.75) is 97.4 Å². The first-order valence-electron chi connectivity index (χ1n) is 11.7. The number of esters is 1. The summed E-state index contributed by atoms with van der Waals surface area (Å²) in [6, 6.07) is 13.1. The lowest BCUT2D eigenvalue weighted by Gasteiger charge is -2.43. The molecule has 1 saturated carbocycles. The van der Waals surface area contributed by atoms with Crippen LogP contribution in [-0.2, 0) is 20.9 Å². The van der Waals surface area contributed by atoms with Crippen molar-refractivity contribution in [2.75, 3.05) is 0 Å². The lowest BCUT2D eigenvalue weighted by atomic mass is 9.75. The van der Waals surface area contributed by atoms with E-state index in [1.165, 1.54) is 12.8 Å². The van der Waals surface area contributed by atoms with Crippen molar-refractivity contribution >= 4 is 14.0 Å². The summed E-state index contributed by atoms with van der Waals surface area (Å²) in [7, 11) is -1.92. The quantitative estimate of drug-likeness (QED) is 0.316. The van der Waals surface area contributed by atoms with Crippen molar-refractivity contribution in [3.05, 3.63) is 35.9 Å². The zero-order valence-corrected chi connectivity index (χ0v) is 20.4. The van der Waals surface area contributed by atoms with Crippen LogP contribution in [0.2, 0.25) is 18.1 Å². The minimum atomic E-state index is -1.92. The monoisotopic (exact) mass is 418 g/mol. The molecule has 1 aromatic rings. The van der Waals surface area contributed by atoms with E-state index in [0.29, 0.717) is 24.4 Å². The van der Waals surface area contributed by atoms with Gasteiger partial charge in [-0.05, 0) is 36.2 Å².